The second-order valence-corrected chi connectivity index (χ2v) is 10.2. The molecule has 1 aliphatic rings. The Bertz CT molecular complexity index is 1480. The number of fused-ring (bicyclic) bond motifs is 1. The molecule has 5 aromatic rings. The van der Waals surface area contributed by atoms with Crippen LogP contribution in [-0.2, 0) is 0 Å². The van der Waals surface area contributed by atoms with Gasteiger partial charge in [0.1, 0.15) is 17.8 Å². The van der Waals surface area contributed by atoms with Gasteiger partial charge in [-0.1, -0.05) is 72.0 Å². The lowest BCUT2D eigenvalue weighted by Crippen LogP contribution is -2.48. The molecule has 9 heteroatoms. The highest BCUT2D eigenvalue weighted by Gasteiger charge is 2.28. The first-order valence-electron chi connectivity index (χ1n) is 12.6. The SMILES string of the molecule is COc1ccc2nc(Nc3ncnc(N4CCN(C(c5ccccc5)c5ccccc5)CC4)c3N)sc2c1. The number of methoxy groups -OCH3 is 1. The lowest BCUT2D eigenvalue weighted by atomic mass is 9.96. The number of rotatable bonds is 7. The average Bonchev–Trinajstić information content (AvgIpc) is 3.37. The van der Waals surface area contributed by atoms with Crippen molar-refractivity contribution in [3.8, 4) is 5.75 Å². The number of nitrogen functional groups attached to an aromatic ring is 1. The predicted octanol–water partition coefficient (Wildman–Crippen LogP) is 5.33. The van der Waals surface area contributed by atoms with Crippen LogP contribution in [0.25, 0.3) is 10.2 Å². The summed E-state index contributed by atoms with van der Waals surface area (Å²) in [6.07, 6.45) is 1.56. The van der Waals surface area contributed by atoms with Gasteiger partial charge in [-0.2, -0.15) is 0 Å². The van der Waals surface area contributed by atoms with Crippen LogP contribution in [0.4, 0.5) is 22.5 Å². The van der Waals surface area contributed by atoms with Crippen molar-refractivity contribution in [2.24, 2.45) is 0 Å². The van der Waals surface area contributed by atoms with E-state index in [2.05, 4.69) is 90.7 Å². The summed E-state index contributed by atoms with van der Waals surface area (Å²) in [5.41, 5.74) is 10.6. The second kappa shape index (κ2) is 10.6. The molecule has 3 heterocycles. The van der Waals surface area contributed by atoms with E-state index in [0.717, 1.165) is 53.1 Å². The highest BCUT2D eigenvalue weighted by atomic mass is 32.1. The van der Waals surface area contributed by atoms with Gasteiger partial charge in [0.2, 0.25) is 0 Å². The van der Waals surface area contributed by atoms with Crippen molar-refractivity contribution in [2.75, 3.05) is 49.2 Å². The standard InChI is InChI=1S/C29H29N7OS/c1-37-22-12-13-23-24(18-22)38-29(33-23)34-27-25(30)28(32-19-31-27)36-16-14-35(15-17-36)26(20-8-4-2-5-9-20)21-10-6-3-7-11-21/h2-13,18-19,26H,14-17,30H2,1H3,(H,31,32,33,34). The van der Waals surface area contributed by atoms with Crippen LogP contribution >= 0.6 is 11.3 Å². The van der Waals surface area contributed by atoms with Crippen molar-refractivity contribution >= 4 is 44.0 Å². The molecule has 1 fully saturated rings. The van der Waals surface area contributed by atoms with Crippen LogP contribution in [0.5, 0.6) is 5.75 Å². The lowest BCUT2D eigenvalue weighted by molar-refractivity contribution is 0.212. The van der Waals surface area contributed by atoms with Crippen LogP contribution in [0.1, 0.15) is 17.2 Å². The zero-order valence-electron chi connectivity index (χ0n) is 21.1. The molecule has 0 bridgehead atoms. The van der Waals surface area contributed by atoms with Crippen molar-refractivity contribution in [1.82, 2.24) is 19.9 Å². The molecule has 1 aliphatic heterocycles. The van der Waals surface area contributed by atoms with Gasteiger partial charge in [0.15, 0.2) is 16.8 Å². The minimum Gasteiger partial charge on any atom is -0.497 e. The van der Waals surface area contributed by atoms with Gasteiger partial charge < -0.3 is 20.7 Å². The summed E-state index contributed by atoms with van der Waals surface area (Å²) in [6.45, 7) is 3.41. The Kier molecular flexibility index (Phi) is 6.76. The van der Waals surface area contributed by atoms with E-state index < -0.39 is 0 Å². The molecule has 1 saturated heterocycles. The van der Waals surface area contributed by atoms with Gasteiger partial charge in [-0.3, -0.25) is 4.90 Å². The second-order valence-electron chi connectivity index (χ2n) is 9.18. The molecular formula is C29H29N7OS. The normalized spacial score (nSPS) is 14.2. The third kappa shape index (κ3) is 4.85. The maximum atomic E-state index is 6.59. The summed E-state index contributed by atoms with van der Waals surface area (Å²) < 4.78 is 6.36. The Morgan fingerprint density at radius 1 is 0.895 bits per heavy atom. The van der Waals surface area contributed by atoms with Crippen molar-refractivity contribution in [3.63, 3.8) is 0 Å². The maximum absolute atomic E-state index is 6.59. The van der Waals surface area contributed by atoms with E-state index in [4.69, 9.17) is 10.5 Å². The lowest BCUT2D eigenvalue weighted by Gasteiger charge is -2.40. The molecular weight excluding hydrogens is 494 g/mol. The number of piperazine rings is 1. The number of thiazole rings is 1. The van der Waals surface area contributed by atoms with Crippen molar-refractivity contribution in [3.05, 3.63) is 96.3 Å². The predicted molar refractivity (Wildman–Crippen MR) is 154 cm³/mol. The first kappa shape index (κ1) is 24.1. The number of hydrogen-bond donors (Lipinski definition) is 2. The van der Waals surface area contributed by atoms with Gasteiger partial charge in [-0.05, 0) is 29.3 Å². The monoisotopic (exact) mass is 523 g/mol. The number of anilines is 4. The Balaban J connectivity index is 1.19. The van der Waals surface area contributed by atoms with Gasteiger partial charge in [0.25, 0.3) is 0 Å². The number of hydrogen-bond acceptors (Lipinski definition) is 9. The molecule has 2 aromatic heterocycles. The van der Waals surface area contributed by atoms with Crippen LogP contribution in [0.3, 0.4) is 0 Å². The fraction of sp³-hybridized carbons (Fsp3) is 0.207. The van der Waals surface area contributed by atoms with E-state index in [1.54, 1.807) is 13.4 Å². The van der Waals surface area contributed by atoms with Crippen LogP contribution in [0.2, 0.25) is 0 Å². The Hall–Kier alpha value is -4.21. The molecule has 192 valence electrons. The van der Waals surface area contributed by atoms with Gasteiger partial charge >= 0.3 is 0 Å². The molecule has 38 heavy (non-hydrogen) atoms. The number of benzene rings is 3. The summed E-state index contributed by atoms with van der Waals surface area (Å²) in [4.78, 5) is 18.4. The molecule has 8 nitrogen and oxygen atoms in total. The molecule has 0 aliphatic carbocycles. The van der Waals surface area contributed by atoms with Gasteiger partial charge in [-0.25, -0.2) is 15.0 Å². The molecule has 0 amide bonds. The maximum Gasteiger partial charge on any atom is 0.189 e. The van der Waals surface area contributed by atoms with E-state index in [0.29, 0.717) is 11.5 Å². The smallest absolute Gasteiger partial charge is 0.189 e. The fourth-order valence-corrected chi connectivity index (χ4v) is 5.89. The van der Waals surface area contributed by atoms with Crippen molar-refractivity contribution in [1.29, 1.82) is 0 Å². The minimum absolute atomic E-state index is 0.206. The summed E-state index contributed by atoms with van der Waals surface area (Å²) in [5, 5.41) is 4.03. The third-order valence-electron chi connectivity index (χ3n) is 6.89. The zero-order valence-corrected chi connectivity index (χ0v) is 21.9. The summed E-state index contributed by atoms with van der Waals surface area (Å²) >= 11 is 1.53. The zero-order chi connectivity index (χ0) is 25.9. The first-order valence-corrected chi connectivity index (χ1v) is 13.4. The summed E-state index contributed by atoms with van der Waals surface area (Å²) in [5.74, 6) is 2.12. The number of nitrogens with two attached hydrogens (primary N) is 1. The Morgan fingerprint density at radius 3 is 2.24 bits per heavy atom. The van der Waals surface area contributed by atoms with Crippen LogP contribution in [0, 0.1) is 0 Å². The van der Waals surface area contributed by atoms with E-state index in [1.807, 2.05) is 18.2 Å². The van der Waals surface area contributed by atoms with E-state index >= 15 is 0 Å². The average molecular weight is 524 g/mol. The van der Waals surface area contributed by atoms with Gasteiger partial charge in [-0.15, -0.1) is 0 Å². The topological polar surface area (TPSA) is 92.4 Å². The molecule has 0 atom stereocenters. The number of aromatic nitrogens is 3. The molecule has 0 spiro atoms. The molecule has 0 saturated carbocycles. The van der Waals surface area contributed by atoms with Gasteiger partial charge in [0, 0.05) is 26.2 Å². The molecule has 3 aromatic carbocycles. The van der Waals surface area contributed by atoms with Crippen LogP contribution in [0.15, 0.2) is 85.2 Å². The van der Waals surface area contributed by atoms with E-state index in [1.165, 1.54) is 22.5 Å². The summed E-state index contributed by atoms with van der Waals surface area (Å²) in [6, 6.07) is 27.5. The van der Waals surface area contributed by atoms with Crippen LogP contribution in [-0.4, -0.2) is 53.1 Å². The minimum atomic E-state index is 0.206. The quantitative estimate of drug-likeness (QED) is 0.296. The Labute approximate surface area is 225 Å². The first-order chi connectivity index (χ1) is 18.7. The molecule has 6 rings (SSSR count). The van der Waals surface area contributed by atoms with Crippen molar-refractivity contribution < 1.29 is 4.74 Å². The summed E-state index contributed by atoms with van der Waals surface area (Å²) in [7, 11) is 1.66. The van der Waals surface area contributed by atoms with E-state index in [9.17, 15) is 0 Å². The number of nitrogens with one attached hydrogen (secondary N) is 1. The highest BCUT2D eigenvalue weighted by Crippen LogP contribution is 2.35. The largest absolute Gasteiger partial charge is 0.497 e. The number of nitrogens with zero attached hydrogens (tertiary/aromatic N) is 5. The molecule has 0 unspecified atom stereocenters. The highest BCUT2D eigenvalue weighted by molar-refractivity contribution is 7.22. The van der Waals surface area contributed by atoms with E-state index in [-0.39, 0.29) is 6.04 Å². The third-order valence-corrected chi connectivity index (χ3v) is 7.83. The molecule has 0 radical (unpaired) electrons. The Morgan fingerprint density at radius 2 is 1.58 bits per heavy atom. The fourth-order valence-electron chi connectivity index (χ4n) is 5.00. The van der Waals surface area contributed by atoms with Gasteiger partial charge in [0.05, 0.1) is 23.4 Å². The van der Waals surface area contributed by atoms with Crippen LogP contribution < -0.4 is 20.7 Å². The number of ether oxygens (including phenoxy) is 1. The van der Waals surface area contributed by atoms with Crippen molar-refractivity contribution in [2.45, 2.75) is 6.04 Å². The molecule has 3 N–H and O–H groups in total.